The van der Waals surface area contributed by atoms with Gasteiger partial charge in [-0.25, -0.2) is 4.68 Å². The second kappa shape index (κ2) is 7.18. The highest BCUT2D eigenvalue weighted by atomic mass is 32.2. The van der Waals surface area contributed by atoms with Gasteiger partial charge in [-0.05, 0) is 6.07 Å². The van der Waals surface area contributed by atoms with Crippen LogP contribution in [0.3, 0.4) is 0 Å². The molecule has 10 heteroatoms. The van der Waals surface area contributed by atoms with Gasteiger partial charge in [-0.1, -0.05) is 23.9 Å². The van der Waals surface area contributed by atoms with Gasteiger partial charge in [0.1, 0.15) is 18.4 Å². The van der Waals surface area contributed by atoms with Gasteiger partial charge in [-0.3, -0.25) is 4.79 Å². The van der Waals surface area contributed by atoms with Crippen molar-refractivity contribution in [1.29, 1.82) is 0 Å². The molecule has 2 aromatic heterocycles. The summed E-state index contributed by atoms with van der Waals surface area (Å²) in [5.41, 5.74) is 3.00. The summed E-state index contributed by atoms with van der Waals surface area (Å²) in [6.07, 6.45) is 2.45. The van der Waals surface area contributed by atoms with Crippen LogP contribution in [0, 0.1) is 0 Å². The highest BCUT2D eigenvalue weighted by Gasteiger charge is 2.10. The highest BCUT2D eigenvalue weighted by molar-refractivity contribution is 7.98. The van der Waals surface area contributed by atoms with Crippen molar-refractivity contribution in [2.75, 3.05) is 5.43 Å². The first-order chi connectivity index (χ1) is 12.0. The Kier molecular flexibility index (Phi) is 4.80. The Labute approximate surface area is 145 Å². The molecule has 0 aliphatic heterocycles. The summed E-state index contributed by atoms with van der Waals surface area (Å²) in [5, 5.41) is 36.7. The zero-order chi connectivity index (χ0) is 17.8. The van der Waals surface area contributed by atoms with E-state index in [0.717, 1.165) is 6.26 Å². The fourth-order valence-corrected chi connectivity index (χ4v) is 2.76. The Bertz CT molecular complexity index is 940. The average molecular weight is 362 g/mol. The van der Waals surface area contributed by atoms with Gasteiger partial charge in [-0.2, -0.15) is 0 Å². The van der Waals surface area contributed by atoms with Crippen molar-refractivity contribution >= 4 is 11.8 Å². The van der Waals surface area contributed by atoms with Gasteiger partial charge < -0.3 is 25.2 Å². The Morgan fingerprint density at radius 3 is 2.88 bits per heavy atom. The number of nitrogens with zero attached hydrogens (tertiary/aromatic N) is 3. The van der Waals surface area contributed by atoms with E-state index >= 15 is 0 Å². The molecule has 0 bridgehead atoms. The lowest BCUT2D eigenvalue weighted by Gasteiger charge is -2.11. The number of aromatic hydroxyl groups is 3. The molecule has 0 saturated carbocycles. The fourth-order valence-electron chi connectivity index (χ4n) is 1.98. The Morgan fingerprint density at radius 2 is 2.08 bits per heavy atom. The van der Waals surface area contributed by atoms with Crippen LogP contribution in [-0.2, 0) is 12.3 Å². The first-order valence-electron chi connectivity index (χ1n) is 7.12. The van der Waals surface area contributed by atoms with Crippen LogP contribution in [0.4, 0.5) is 0 Å². The minimum atomic E-state index is -0.513. The number of thioether (sulfide) groups is 1. The topological polar surface area (TPSA) is 134 Å². The average Bonchev–Trinajstić information content (AvgIpc) is 3.05. The van der Waals surface area contributed by atoms with Crippen LogP contribution in [0.15, 0.2) is 51.2 Å². The van der Waals surface area contributed by atoms with Crippen LogP contribution in [0.2, 0.25) is 0 Å². The van der Waals surface area contributed by atoms with Crippen LogP contribution in [0.1, 0.15) is 11.3 Å². The fraction of sp³-hybridized carbons (Fsp3) is 0.133. The number of phenolic OH excluding ortho intramolecular Hbond substituents is 2. The normalized spacial score (nSPS) is 10.7. The van der Waals surface area contributed by atoms with E-state index in [1.807, 2.05) is 0 Å². The molecule has 130 valence electrons. The van der Waals surface area contributed by atoms with Crippen molar-refractivity contribution in [2.24, 2.45) is 0 Å². The molecular formula is C15H14N4O5S. The van der Waals surface area contributed by atoms with Gasteiger partial charge in [0.15, 0.2) is 17.2 Å². The minimum Gasteiger partial charge on any atom is -0.504 e. The van der Waals surface area contributed by atoms with Crippen molar-refractivity contribution < 1.29 is 19.7 Å². The number of nitrogens with one attached hydrogen (secondary N) is 1. The van der Waals surface area contributed by atoms with Crippen molar-refractivity contribution in [3.05, 3.63) is 58.4 Å². The Hall–Kier alpha value is -3.14. The van der Waals surface area contributed by atoms with E-state index < -0.39 is 11.2 Å². The molecule has 25 heavy (non-hydrogen) atoms. The molecule has 2 heterocycles. The van der Waals surface area contributed by atoms with Gasteiger partial charge in [0.05, 0.1) is 12.3 Å². The van der Waals surface area contributed by atoms with Crippen LogP contribution in [-0.4, -0.2) is 30.2 Å². The zero-order valence-electron chi connectivity index (χ0n) is 12.8. The molecule has 0 fully saturated rings. The monoisotopic (exact) mass is 362 g/mol. The molecule has 3 aromatic rings. The van der Waals surface area contributed by atoms with Gasteiger partial charge in [0.2, 0.25) is 10.6 Å². The number of rotatable bonds is 6. The number of para-hydroxylation sites is 1. The number of hydrogen-bond acceptors (Lipinski definition) is 9. The molecule has 0 amide bonds. The van der Waals surface area contributed by atoms with Crippen LogP contribution >= 0.6 is 11.8 Å². The number of aromatic nitrogens is 3. The maximum Gasteiger partial charge on any atom is 0.226 e. The van der Waals surface area contributed by atoms with Crippen LogP contribution < -0.4 is 10.9 Å². The third kappa shape index (κ3) is 3.86. The quantitative estimate of drug-likeness (QED) is 0.379. The van der Waals surface area contributed by atoms with E-state index in [1.165, 1.54) is 30.2 Å². The molecule has 0 radical (unpaired) electrons. The first kappa shape index (κ1) is 16.7. The highest BCUT2D eigenvalue weighted by Crippen LogP contribution is 2.28. The van der Waals surface area contributed by atoms with Crippen molar-refractivity contribution in [1.82, 2.24) is 14.9 Å². The van der Waals surface area contributed by atoms with E-state index in [2.05, 4.69) is 15.6 Å². The number of phenols is 2. The Balaban J connectivity index is 1.65. The van der Waals surface area contributed by atoms with Crippen LogP contribution in [0.25, 0.3) is 0 Å². The van der Waals surface area contributed by atoms with E-state index in [0.29, 0.717) is 22.2 Å². The largest absolute Gasteiger partial charge is 0.504 e. The van der Waals surface area contributed by atoms with Gasteiger partial charge >= 0.3 is 0 Å². The molecule has 0 aliphatic rings. The molecule has 0 atom stereocenters. The maximum absolute atomic E-state index is 11.4. The van der Waals surface area contributed by atoms with Crippen molar-refractivity contribution in [3.63, 3.8) is 0 Å². The zero-order valence-corrected chi connectivity index (χ0v) is 13.6. The smallest absolute Gasteiger partial charge is 0.226 e. The van der Waals surface area contributed by atoms with E-state index in [1.54, 1.807) is 16.8 Å². The van der Waals surface area contributed by atoms with E-state index in [9.17, 15) is 20.1 Å². The molecule has 4 N–H and O–H groups in total. The molecule has 0 unspecified atom stereocenters. The summed E-state index contributed by atoms with van der Waals surface area (Å²) < 4.78 is 6.67. The third-order valence-corrected chi connectivity index (χ3v) is 4.23. The third-order valence-electron chi connectivity index (χ3n) is 3.26. The predicted molar refractivity (Wildman–Crippen MR) is 89.1 cm³/mol. The molecule has 1 aromatic carbocycles. The van der Waals surface area contributed by atoms with Crippen LogP contribution in [0.5, 0.6) is 17.2 Å². The molecule has 0 spiro atoms. The summed E-state index contributed by atoms with van der Waals surface area (Å²) >= 11 is 1.26. The number of benzene rings is 1. The molecule has 3 rings (SSSR count). The summed E-state index contributed by atoms with van der Waals surface area (Å²) in [6.45, 7) is 0.236. The van der Waals surface area contributed by atoms with Gasteiger partial charge in [0, 0.05) is 11.6 Å². The van der Waals surface area contributed by atoms with Gasteiger partial charge in [0.25, 0.3) is 0 Å². The predicted octanol–water partition coefficient (Wildman–Crippen LogP) is 1.38. The number of hydrogen-bond donors (Lipinski definition) is 4. The second-order valence-electron chi connectivity index (χ2n) is 4.99. The van der Waals surface area contributed by atoms with E-state index in [4.69, 9.17) is 4.42 Å². The van der Waals surface area contributed by atoms with Crippen molar-refractivity contribution in [2.45, 2.75) is 17.5 Å². The minimum absolute atomic E-state index is 0.192. The summed E-state index contributed by atoms with van der Waals surface area (Å²) in [5.74, 6) is -0.131. The lowest BCUT2D eigenvalue weighted by atomic mass is 10.2. The summed E-state index contributed by atoms with van der Waals surface area (Å²) in [7, 11) is 0. The van der Waals surface area contributed by atoms with Crippen molar-refractivity contribution in [3.8, 4) is 17.2 Å². The standard InChI is InChI=1S/C15H14N4O5S/c20-11-3-1-2-9(14(11)23)5-17-19-8-16-18-15(19)25-7-10-4-12(21)13(22)6-24-10/h1-4,6,8,17,20,22-23H,5,7H2. The second-order valence-corrected chi connectivity index (χ2v) is 5.93. The summed E-state index contributed by atoms with van der Waals surface area (Å²) in [4.78, 5) is 11.4. The maximum atomic E-state index is 11.4. The van der Waals surface area contributed by atoms with Gasteiger partial charge in [-0.15, -0.1) is 10.2 Å². The molecular weight excluding hydrogens is 348 g/mol. The lowest BCUT2D eigenvalue weighted by Crippen LogP contribution is -2.14. The summed E-state index contributed by atoms with van der Waals surface area (Å²) in [6, 6.07) is 5.90. The molecule has 0 aliphatic carbocycles. The Morgan fingerprint density at radius 1 is 1.24 bits per heavy atom. The first-order valence-corrected chi connectivity index (χ1v) is 8.10. The SMILES string of the molecule is O=c1cc(CSc2nncn2NCc2cccc(O)c2O)occ1O. The molecule has 9 nitrogen and oxygen atoms in total. The lowest BCUT2D eigenvalue weighted by molar-refractivity contribution is 0.399. The molecule has 0 saturated heterocycles. The van der Waals surface area contributed by atoms with E-state index in [-0.39, 0.29) is 18.0 Å².